The number of fused-ring (bicyclic) bond motifs is 3. The number of hydrogen-bond donors (Lipinski definition) is 0. The van der Waals surface area contributed by atoms with Gasteiger partial charge in [0.2, 0.25) is 0 Å². The molecule has 2 nitrogen and oxygen atoms in total. The second-order valence-electron chi connectivity index (χ2n) is 19.2. The Labute approximate surface area is 333 Å². The van der Waals surface area contributed by atoms with E-state index in [9.17, 15) is 0 Å². The van der Waals surface area contributed by atoms with E-state index in [4.69, 9.17) is 4.74 Å². The number of anilines is 3. The Bertz CT molecular complexity index is 2430. The second-order valence-corrected chi connectivity index (χ2v) is 19.2. The van der Waals surface area contributed by atoms with Gasteiger partial charge in [-0.25, -0.2) is 0 Å². The molecule has 0 radical (unpaired) electrons. The van der Waals surface area contributed by atoms with E-state index in [1.165, 1.54) is 95.1 Å². The lowest BCUT2D eigenvalue weighted by molar-refractivity contribution is -0.0449. The van der Waals surface area contributed by atoms with Crippen molar-refractivity contribution < 1.29 is 4.74 Å². The van der Waals surface area contributed by atoms with Crippen molar-refractivity contribution in [3.05, 3.63) is 162 Å². The molecule has 1 spiro atoms. The Morgan fingerprint density at radius 1 is 0.464 bits per heavy atom. The summed E-state index contributed by atoms with van der Waals surface area (Å²) in [6.45, 7) is 9.70. The molecule has 0 aromatic heterocycles. The summed E-state index contributed by atoms with van der Waals surface area (Å²) in [5, 5.41) is 0. The number of hydrogen-bond acceptors (Lipinski definition) is 2. The average Bonchev–Trinajstić information content (AvgIpc) is 3.21. The van der Waals surface area contributed by atoms with Crippen LogP contribution in [0.15, 0.2) is 140 Å². The molecule has 0 atom stereocenters. The fraction of sp³-hybridized carbons (Fsp3) is 0.333. The third-order valence-corrected chi connectivity index (χ3v) is 15.2. The Kier molecular flexibility index (Phi) is 7.61. The van der Waals surface area contributed by atoms with Gasteiger partial charge in [-0.1, -0.05) is 125 Å². The van der Waals surface area contributed by atoms with Crippen LogP contribution >= 0.6 is 0 Å². The quantitative estimate of drug-likeness (QED) is 0.175. The highest BCUT2D eigenvalue weighted by molar-refractivity contribution is 5.82. The van der Waals surface area contributed by atoms with Crippen molar-refractivity contribution in [2.24, 2.45) is 23.7 Å². The van der Waals surface area contributed by atoms with E-state index in [0.717, 1.165) is 34.7 Å². The van der Waals surface area contributed by atoms with Crippen LogP contribution < -0.4 is 9.64 Å². The van der Waals surface area contributed by atoms with Crippen molar-refractivity contribution in [1.29, 1.82) is 0 Å². The zero-order valence-corrected chi connectivity index (χ0v) is 33.4. The molecule has 6 aromatic rings. The monoisotopic (exact) mass is 731 g/mol. The van der Waals surface area contributed by atoms with E-state index < -0.39 is 0 Å². The molecule has 2 heteroatoms. The maximum absolute atomic E-state index is 7.23. The van der Waals surface area contributed by atoms with Crippen LogP contribution in [0.2, 0.25) is 0 Å². The molecule has 0 N–H and O–H groups in total. The summed E-state index contributed by atoms with van der Waals surface area (Å²) < 4.78 is 7.23. The first-order chi connectivity index (χ1) is 27.2. The van der Waals surface area contributed by atoms with Crippen LogP contribution in [-0.2, 0) is 16.2 Å². The highest BCUT2D eigenvalue weighted by Gasteiger charge is 2.62. The van der Waals surface area contributed by atoms with Gasteiger partial charge in [0.25, 0.3) is 0 Å². The molecular weight excluding hydrogens is 679 g/mol. The van der Waals surface area contributed by atoms with Gasteiger partial charge >= 0.3 is 0 Å². The third kappa shape index (κ3) is 5.13. The van der Waals surface area contributed by atoms with Crippen molar-refractivity contribution in [2.75, 3.05) is 4.90 Å². The van der Waals surface area contributed by atoms with Gasteiger partial charge in [0.15, 0.2) is 0 Å². The molecule has 4 fully saturated rings. The van der Waals surface area contributed by atoms with Crippen LogP contribution in [0.3, 0.4) is 0 Å². The van der Waals surface area contributed by atoms with E-state index in [-0.39, 0.29) is 16.2 Å². The lowest BCUT2D eigenvalue weighted by Crippen LogP contribution is -2.57. The first kappa shape index (κ1) is 34.2. The fourth-order valence-electron chi connectivity index (χ4n) is 12.6. The normalized spacial score (nSPS) is 25.9. The average molecular weight is 732 g/mol. The van der Waals surface area contributed by atoms with Crippen molar-refractivity contribution >= 4 is 17.1 Å². The van der Waals surface area contributed by atoms with Gasteiger partial charge in [-0.3, -0.25) is 0 Å². The largest absolute Gasteiger partial charge is 0.457 e. The predicted molar refractivity (Wildman–Crippen MR) is 232 cm³/mol. The Morgan fingerprint density at radius 2 is 1.02 bits per heavy atom. The maximum atomic E-state index is 7.23. The van der Waals surface area contributed by atoms with Crippen LogP contribution in [0, 0.1) is 23.7 Å². The minimum atomic E-state index is -0.0507. The first-order valence-electron chi connectivity index (χ1n) is 21.3. The molecule has 56 heavy (non-hydrogen) atoms. The SMILES string of the molecule is CC1(C)CCC(C)(C)c2cc(N(c3ccc(-c4ccccc4)cc3)c3ccc4c(c3)Oc3cccc(-c5ccccc5)c3C43C4CC5CC(C4)CC3C5)ccc21. The fourth-order valence-corrected chi connectivity index (χ4v) is 12.6. The standard InChI is InChI=1S/C54H53NO/c1-52(2)26-27-53(3,4)48-33-43(22-24-46(48)52)55(42-20-18-38(19-21-42)37-12-7-5-8-13-37)44-23-25-47-50(34-44)56-49-17-11-16-45(39-14-9-6-10-15-39)51(49)54(47)40-29-35-28-36(31-40)32-41(54)30-35/h5-25,33-36,40-41H,26-32H2,1-4H3. The molecule has 1 heterocycles. The molecule has 0 amide bonds. The zero-order valence-electron chi connectivity index (χ0n) is 33.4. The van der Waals surface area contributed by atoms with Crippen LogP contribution in [0.4, 0.5) is 17.1 Å². The van der Waals surface area contributed by atoms with Gasteiger partial charge in [0, 0.05) is 39.7 Å². The molecule has 0 saturated heterocycles. The van der Waals surface area contributed by atoms with Gasteiger partial charge in [0.05, 0.1) is 0 Å². The summed E-state index contributed by atoms with van der Waals surface area (Å²) in [7, 11) is 0. The number of rotatable bonds is 5. The smallest absolute Gasteiger partial charge is 0.133 e. The Hall–Kier alpha value is -5.08. The Balaban J connectivity index is 1.10. The van der Waals surface area contributed by atoms with E-state index in [2.05, 4.69) is 172 Å². The molecule has 1 aliphatic heterocycles. The number of benzene rings is 6. The summed E-state index contributed by atoms with van der Waals surface area (Å²) in [6.07, 6.45) is 9.15. The van der Waals surface area contributed by atoms with Crippen molar-refractivity contribution in [1.82, 2.24) is 0 Å². The number of nitrogens with zero attached hydrogens (tertiary/aromatic N) is 1. The first-order valence-corrected chi connectivity index (χ1v) is 21.3. The molecule has 12 rings (SSSR count). The van der Waals surface area contributed by atoms with Gasteiger partial charge in [-0.05, 0) is 149 Å². The number of ether oxygens (including phenoxy) is 1. The second kappa shape index (κ2) is 12.5. The lowest BCUT2D eigenvalue weighted by atomic mass is 9.41. The van der Waals surface area contributed by atoms with Crippen LogP contribution in [0.25, 0.3) is 22.3 Å². The minimum Gasteiger partial charge on any atom is -0.457 e. The molecule has 280 valence electrons. The zero-order chi connectivity index (χ0) is 37.8. The third-order valence-electron chi connectivity index (χ3n) is 15.2. The van der Waals surface area contributed by atoms with Crippen molar-refractivity contribution in [3.63, 3.8) is 0 Å². The van der Waals surface area contributed by atoms with Gasteiger partial charge in [-0.2, -0.15) is 0 Å². The van der Waals surface area contributed by atoms with Crippen LogP contribution in [-0.4, -0.2) is 0 Å². The van der Waals surface area contributed by atoms with Crippen molar-refractivity contribution in [3.8, 4) is 33.8 Å². The van der Waals surface area contributed by atoms with Crippen LogP contribution in [0.1, 0.15) is 94.9 Å². The molecule has 4 bridgehead atoms. The molecule has 4 saturated carbocycles. The van der Waals surface area contributed by atoms with E-state index >= 15 is 0 Å². The summed E-state index contributed by atoms with van der Waals surface area (Å²) >= 11 is 0. The molecule has 5 aliphatic carbocycles. The minimum absolute atomic E-state index is 0.0507. The van der Waals surface area contributed by atoms with E-state index in [1.807, 2.05) is 0 Å². The summed E-state index contributed by atoms with van der Waals surface area (Å²) in [6, 6.07) is 52.4. The summed E-state index contributed by atoms with van der Waals surface area (Å²) in [4.78, 5) is 2.48. The van der Waals surface area contributed by atoms with E-state index in [1.54, 1.807) is 0 Å². The van der Waals surface area contributed by atoms with Gasteiger partial charge in [-0.15, -0.1) is 0 Å². The summed E-state index contributed by atoms with van der Waals surface area (Å²) in [5.74, 6) is 5.09. The van der Waals surface area contributed by atoms with Crippen molar-refractivity contribution in [2.45, 2.75) is 88.9 Å². The Morgan fingerprint density at radius 3 is 1.68 bits per heavy atom. The van der Waals surface area contributed by atoms with Crippen LogP contribution in [0.5, 0.6) is 11.5 Å². The van der Waals surface area contributed by atoms with Gasteiger partial charge in [0.1, 0.15) is 11.5 Å². The molecular formula is C54H53NO. The maximum Gasteiger partial charge on any atom is 0.133 e. The molecule has 6 aliphatic rings. The van der Waals surface area contributed by atoms with E-state index in [0.29, 0.717) is 11.8 Å². The molecule has 6 aromatic carbocycles. The summed E-state index contributed by atoms with van der Waals surface area (Å²) in [5.41, 5.74) is 14.7. The predicted octanol–water partition coefficient (Wildman–Crippen LogP) is 14.7. The lowest BCUT2D eigenvalue weighted by Gasteiger charge is -2.63. The highest BCUT2D eigenvalue weighted by atomic mass is 16.5. The molecule has 0 unspecified atom stereocenters. The topological polar surface area (TPSA) is 12.5 Å². The van der Waals surface area contributed by atoms with Gasteiger partial charge < -0.3 is 9.64 Å². The highest BCUT2D eigenvalue weighted by Crippen LogP contribution is 2.70.